The summed E-state index contributed by atoms with van der Waals surface area (Å²) in [5, 5.41) is 4.61. The molecule has 0 radical (unpaired) electrons. The molecule has 22 heavy (non-hydrogen) atoms. The fourth-order valence-electron chi connectivity index (χ4n) is 3.58. The minimum Gasteiger partial charge on any atom is -0.335 e. The lowest BCUT2D eigenvalue weighted by Crippen LogP contribution is -2.56. The summed E-state index contributed by atoms with van der Waals surface area (Å²) in [5.41, 5.74) is 0.348. The van der Waals surface area contributed by atoms with Gasteiger partial charge in [0.2, 0.25) is 0 Å². The lowest BCUT2D eigenvalue weighted by molar-refractivity contribution is 0.0293. The molecule has 4 nitrogen and oxygen atoms in total. The molecule has 3 fully saturated rings. The molecule has 5 rings (SSSR count). The molecule has 0 saturated carbocycles. The Bertz CT molecular complexity index is 725. The van der Waals surface area contributed by atoms with E-state index in [4.69, 9.17) is 0 Å². The van der Waals surface area contributed by atoms with E-state index in [-0.39, 0.29) is 17.9 Å². The van der Waals surface area contributed by atoms with Crippen molar-refractivity contribution in [3.63, 3.8) is 0 Å². The van der Waals surface area contributed by atoms with E-state index in [1.165, 1.54) is 25.0 Å². The predicted molar refractivity (Wildman–Crippen MR) is 81.9 cm³/mol. The van der Waals surface area contributed by atoms with Crippen LogP contribution in [0.1, 0.15) is 29.8 Å². The van der Waals surface area contributed by atoms with Crippen LogP contribution in [0.5, 0.6) is 0 Å². The second-order valence-electron chi connectivity index (χ2n) is 6.27. The van der Waals surface area contributed by atoms with Gasteiger partial charge in [-0.3, -0.25) is 14.7 Å². The lowest BCUT2D eigenvalue weighted by atomic mass is 9.86. The predicted octanol–water partition coefficient (Wildman–Crippen LogP) is 2.55. The van der Waals surface area contributed by atoms with Gasteiger partial charge in [-0.1, -0.05) is 0 Å². The van der Waals surface area contributed by atoms with Gasteiger partial charge < -0.3 is 5.32 Å². The second-order valence-corrected chi connectivity index (χ2v) is 6.27. The van der Waals surface area contributed by atoms with E-state index in [0.29, 0.717) is 11.1 Å². The summed E-state index contributed by atoms with van der Waals surface area (Å²) >= 11 is 0. The quantitative estimate of drug-likeness (QED) is 0.927. The van der Waals surface area contributed by atoms with Crippen molar-refractivity contribution in [3.8, 4) is 0 Å². The number of carbonyl (C=O) groups is 1. The third kappa shape index (κ3) is 2.46. The highest BCUT2D eigenvalue weighted by atomic mass is 19.1. The van der Waals surface area contributed by atoms with Crippen molar-refractivity contribution in [2.45, 2.75) is 25.4 Å². The van der Waals surface area contributed by atoms with Crippen molar-refractivity contribution in [1.29, 1.82) is 0 Å². The van der Waals surface area contributed by atoms with Gasteiger partial charge in [-0.2, -0.15) is 0 Å². The Morgan fingerprint density at radius 2 is 2.05 bits per heavy atom. The van der Waals surface area contributed by atoms with Gasteiger partial charge in [0.25, 0.3) is 5.91 Å². The molecule has 1 aromatic carbocycles. The number of rotatable bonds is 2. The Balaban J connectivity index is 1.55. The van der Waals surface area contributed by atoms with Crippen LogP contribution in [-0.2, 0) is 0 Å². The normalized spacial score (nSPS) is 27.0. The maximum absolute atomic E-state index is 13.3. The Morgan fingerprint density at radius 3 is 2.77 bits per heavy atom. The summed E-state index contributed by atoms with van der Waals surface area (Å²) in [4.78, 5) is 19.0. The van der Waals surface area contributed by atoms with Gasteiger partial charge in [-0.25, -0.2) is 4.39 Å². The van der Waals surface area contributed by atoms with Crippen molar-refractivity contribution < 1.29 is 9.18 Å². The molecule has 2 aromatic rings. The second kappa shape index (κ2) is 5.32. The van der Waals surface area contributed by atoms with Crippen molar-refractivity contribution in [2.24, 2.45) is 5.92 Å². The number of aromatic nitrogens is 1. The largest absolute Gasteiger partial charge is 0.335 e. The fourth-order valence-corrected chi connectivity index (χ4v) is 3.58. The van der Waals surface area contributed by atoms with E-state index in [0.717, 1.165) is 30.8 Å². The van der Waals surface area contributed by atoms with Crippen LogP contribution in [0.15, 0.2) is 30.5 Å². The number of halogens is 1. The number of fused-ring (bicyclic) bond motifs is 4. The highest BCUT2D eigenvalue weighted by molar-refractivity contribution is 5.96. The van der Waals surface area contributed by atoms with Crippen molar-refractivity contribution in [1.82, 2.24) is 15.2 Å². The van der Waals surface area contributed by atoms with Gasteiger partial charge in [0.05, 0.1) is 6.17 Å². The molecule has 1 atom stereocenters. The van der Waals surface area contributed by atoms with E-state index in [1.807, 2.05) is 0 Å². The highest BCUT2D eigenvalue weighted by Crippen LogP contribution is 2.30. The summed E-state index contributed by atoms with van der Waals surface area (Å²) in [7, 11) is 0. The number of nitrogens with one attached hydrogen (secondary N) is 1. The topological polar surface area (TPSA) is 45.2 Å². The van der Waals surface area contributed by atoms with Crippen LogP contribution in [-0.4, -0.2) is 35.0 Å². The first-order valence-electron chi connectivity index (χ1n) is 7.79. The van der Waals surface area contributed by atoms with Crippen LogP contribution in [0.3, 0.4) is 0 Å². The van der Waals surface area contributed by atoms with E-state index in [2.05, 4.69) is 15.2 Å². The summed E-state index contributed by atoms with van der Waals surface area (Å²) in [6, 6.07) is 6.16. The van der Waals surface area contributed by atoms with Crippen molar-refractivity contribution in [2.75, 3.05) is 13.1 Å². The standard InChI is InChI=1S/C17H18FN3O/c18-14-2-1-12-10-19-15(9-13(12)8-14)17(22)20-16-7-11-3-5-21(16)6-4-11/h1-2,8-11,16H,3-7H2,(H,20,22)/t16-/m1/s1. The molecule has 5 heteroatoms. The minimum atomic E-state index is -0.305. The number of benzene rings is 1. The summed E-state index contributed by atoms with van der Waals surface area (Å²) in [5.74, 6) is 0.249. The van der Waals surface area contributed by atoms with Gasteiger partial charge in [-0.15, -0.1) is 0 Å². The average Bonchev–Trinajstić information content (AvgIpc) is 2.55. The van der Waals surface area contributed by atoms with E-state index >= 15 is 0 Å². The molecule has 3 aliphatic rings. The van der Waals surface area contributed by atoms with Crippen LogP contribution in [0.4, 0.5) is 4.39 Å². The van der Waals surface area contributed by atoms with Crippen molar-refractivity contribution >= 4 is 16.7 Å². The molecule has 1 aromatic heterocycles. The first kappa shape index (κ1) is 13.6. The van der Waals surface area contributed by atoms with E-state index in [1.54, 1.807) is 18.3 Å². The molecule has 4 heterocycles. The van der Waals surface area contributed by atoms with Crippen LogP contribution >= 0.6 is 0 Å². The molecule has 1 N–H and O–H groups in total. The monoisotopic (exact) mass is 299 g/mol. The van der Waals surface area contributed by atoms with Crippen molar-refractivity contribution in [3.05, 3.63) is 42.0 Å². The Hall–Kier alpha value is -2.01. The van der Waals surface area contributed by atoms with E-state index < -0.39 is 0 Å². The summed E-state index contributed by atoms with van der Waals surface area (Å²) < 4.78 is 13.3. The Labute approximate surface area is 128 Å². The first-order valence-corrected chi connectivity index (χ1v) is 7.79. The number of piperidine rings is 3. The van der Waals surface area contributed by atoms with Crippen LogP contribution in [0.2, 0.25) is 0 Å². The molecule has 3 aliphatic heterocycles. The molecule has 0 spiro atoms. The molecule has 0 unspecified atom stereocenters. The van der Waals surface area contributed by atoms with Gasteiger partial charge in [0.15, 0.2) is 0 Å². The van der Waals surface area contributed by atoms with Crippen LogP contribution in [0.25, 0.3) is 10.8 Å². The van der Waals surface area contributed by atoms with Gasteiger partial charge in [0.1, 0.15) is 11.5 Å². The molecule has 2 bridgehead atoms. The maximum atomic E-state index is 13.3. The zero-order chi connectivity index (χ0) is 15.1. The number of pyridine rings is 1. The summed E-state index contributed by atoms with van der Waals surface area (Å²) in [6.07, 6.45) is 5.23. The van der Waals surface area contributed by atoms with Gasteiger partial charge in [0, 0.05) is 24.7 Å². The molecule has 1 amide bonds. The van der Waals surface area contributed by atoms with E-state index in [9.17, 15) is 9.18 Å². The number of amides is 1. The Morgan fingerprint density at radius 1 is 1.23 bits per heavy atom. The number of carbonyl (C=O) groups excluding carboxylic acids is 1. The highest BCUT2D eigenvalue weighted by Gasteiger charge is 2.34. The third-order valence-corrected chi connectivity index (χ3v) is 4.86. The number of hydrogen-bond donors (Lipinski definition) is 1. The number of nitrogens with zero attached hydrogens (tertiary/aromatic N) is 2. The average molecular weight is 299 g/mol. The Kier molecular flexibility index (Phi) is 3.30. The first-order chi connectivity index (χ1) is 10.7. The molecular formula is C17H18FN3O. The smallest absolute Gasteiger partial charge is 0.271 e. The molecule has 114 valence electrons. The fraction of sp³-hybridized carbons (Fsp3) is 0.412. The lowest BCUT2D eigenvalue weighted by Gasteiger charge is -2.45. The zero-order valence-electron chi connectivity index (χ0n) is 12.3. The molecular weight excluding hydrogens is 281 g/mol. The minimum absolute atomic E-state index is 0.116. The van der Waals surface area contributed by atoms with Gasteiger partial charge in [-0.05, 0) is 54.8 Å². The zero-order valence-corrected chi connectivity index (χ0v) is 12.3. The SMILES string of the molecule is O=C(N[C@H]1CC2CCN1CC2)c1cc2cc(F)ccc2cn1. The van der Waals surface area contributed by atoms with Crippen LogP contribution < -0.4 is 5.32 Å². The van der Waals surface area contributed by atoms with Gasteiger partial charge >= 0.3 is 0 Å². The number of hydrogen-bond acceptors (Lipinski definition) is 3. The maximum Gasteiger partial charge on any atom is 0.271 e. The third-order valence-electron chi connectivity index (χ3n) is 4.86. The van der Waals surface area contributed by atoms with Crippen LogP contribution in [0, 0.1) is 11.7 Å². The molecule has 3 saturated heterocycles. The molecule has 0 aliphatic carbocycles. The summed E-state index contributed by atoms with van der Waals surface area (Å²) in [6.45, 7) is 2.12.